The van der Waals surface area contributed by atoms with E-state index in [1.807, 2.05) is 45.0 Å². The molecule has 0 atom stereocenters. The Hall–Kier alpha value is -6.96. The number of rotatable bonds is 6. The molecule has 0 aliphatic carbocycles. The average Bonchev–Trinajstić information content (AvgIpc) is 3.86. The minimum absolute atomic E-state index is 0.00437. The summed E-state index contributed by atoms with van der Waals surface area (Å²) >= 11 is 0. The minimum Gasteiger partial charge on any atom is -0.449 e. The van der Waals surface area contributed by atoms with E-state index in [9.17, 15) is 26.4 Å². The van der Waals surface area contributed by atoms with E-state index < -0.39 is 33.1 Å². The Morgan fingerprint density at radius 1 is 0.764 bits per heavy atom. The molecule has 0 bridgehead atoms. The van der Waals surface area contributed by atoms with E-state index in [1.54, 1.807) is 30.9 Å². The fraction of sp³-hybridized carbons (Fsp3) is 0.143. The maximum Gasteiger partial charge on any atom is 0.534 e. The molecule has 280 valence electrons. The summed E-state index contributed by atoms with van der Waals surface area (Å²) in [6.07, 6.45) is 12.7. The van der Waals surface area contributed by atoms with Crippen molar-refractivity contribution in [2.45, 2.75) is 31.9 Å². The summed E-state index contributed by atoms with van der Waals surface area (Å²) in [6.45, 7) is 5.47. The van der Waals surface area contributed by atoms with Gasteiger partial charge in [-0.1, -0.05) is 6.07 Å². The van der Waals surface area contributed by atoms with Crippen molar-refractivity contribution in [3.8, 4) is 28.9 Å². The molecular formula is C35H26F3N9O7S. The summed E-state index contributed by atoms with van der Waals surface area (Å²) in [6, 6.07) is 11.9. The predicted octanol–water partition coefficient (Wildman–Crippen LogP) is 7.67. The van der Waals surface area contributed by atoms with Crippen molar-refractivity contribution in [3.63, 3.8) is 0 Å². The smallest absolute Gasteiger partial charge is 0.449 e. The van der Waals surface area contributed by atoms with Crippen LogP contribution in [0.5, 0.6) is 5.75 Å². The van der Waals surface area contributed by atoms with Gasteiger partial charge in [0, 0.05) is 42.6 Å². The molecule has 20 heteroatoms. The molecule has 0 saturated carbocycles. The lowest BCUT2D eigenvalue weighted by Gasteiger charge is -2.19. The molecule has 0 saturated heterocycles. The molecule has 0 radical (unpaired) electrons. The van der Waals surface area contributed by atoms with E-state index in [-0.39, 0.29) is 22.6 Å². The topological polar surface area (TPSA) is 203 Å². The van der Waals surface area contributed by atoms with Crippen molar-refractivity contribution in [1.82, 2.24) is 39.5 Å². The van der Waals surface area contributed by atoms with Gasteiger partial charge in [0.25, 0.3) is 0 Å². The number of nitrogens with zero attached hydrogens (tertiary/aromatic N) is 8. The number of pyridine rings is 2. The number of halogens is 3. The third kappa shape index (κ3) is 7.47. The van der Waals surface area contributed by atoms with Crippen molar-refractivity contribution in [2.75, 3.05) is 5.32 Å². The molecule has 8 rings (SSSR count). The number of hydrogen-bond acceptors (Lipinski definition) is 15. The highest BCUT2D eigenvalue weighted by Gasteiger charge is 2.49. The molecule has 8 aromatic rings. The van der Waals surface area contributed by atoms with Gasteiger partial charge < -0.3 is 23.1 Å². The molecule has 0 aliphatic heterocycles. The van der Waals surface area contributed by atoms with E-state index in [4.69, 9.17) is 13.6 Å². The Balaban J connectivity index is 0.000000179. The van der Waals surface area contributed by atoms with E-state index in [1.165, 1.54) is 47.8 Å². The van der Waals surface area contributed by atoms with Crippen molar-refractivity contribution < 1.29 is 44.1 Å². The van der Waals surface area contributed by atoms with E-state index in [0.29, 0.717) is 39.6 Å². The van der Waals surface area contributed by atoms with E-state index in [2.05, 4.69) is 44.4 Å². The normalized spacial score (nSPS) is 12.0. The molecular weight excluding hydrogens is 748 g/mol. The summed E-state index contributed by atoms with van der Waals surface area (Å²) in [5.74, 6) is -0.196. The first-order valence-electron chi connectivity index (χ1n) is 16.0. The van der Waals surface area contributed by atoms with Gasteiger partial charge in [-0.25, -0.2) is 34.3 Å². The SMILES string of the molecule is CC(C)(C)OC(=O)n1cnc2c(Nc3c(-c4ncccn4)oc4cnccc34)cccc21.O=S(=O)(Oc1c(-c2ncccn2)oc2cnccc12)C(F)(F)F. The van der Waals surface area contributed by atoms with Crippen molar-refractivity contribution in [3.05, 3.63) is 98.4 Å². The van der Waals surface area contributed by atoms with Gasteiger partial charge in [-0.15, -0.1) is 0 Å². The first-order valence-corrected chi connectivity index (χ1v) is 17.4. The molecule has 0 aliphatic rings. The number of aromatic nitrogens is 8. The monoisotopic (exact) mass is 773 g/mol. The summed E-state index contributed by atoms with van der Waals surface area (Å²) in [7, 11) is -5.88. The number of furan rings is 2. The summed E-state index contributed by atoms with van der Waals surface area (Å²) in [5, 5.41) is 4.23. The van der Waals surface area contributed by atoms with Gasteiger partial charge >= 0.3 is 21.7 Å². The lowest BCUT2D eigenvalue weighted by Crippen LogP contribution is -2.28. The van der Waals surface area contributed by atoms with Crippen molar-refractivity contribution >= 4 is 60.6 Å². The van der Waals surface area contributed by atoms with Crippen LogP contribution in [-0.2, 0) is 14.9 Å². The number of nitrogens with one attached hydrogen (secondary N) is 1. The molecule has 0 unspecified atom stereocenters. The van der Waals surface area contributed by atoms with Crippen LogP contribution in [0.4, 0.5) is 29.3 Å². The highest BCUT2D eigenvalue weighted by atomic mass is 32.2. The fourth-order valence-electron chi connectivity index (χ4n) is 5.11. The number of ether oxygens (including phenoxy) is 1. The zero-order valence-corrected chi connectivity index (χ0v) is 29.5. The number of anilines is 2. The lowest BCUT2D eigenvalue weighted by molar-refractivity contribution is -0.0499. The number of imidazole rings is 1. The minimum atomic E-state index is -5.88. The van der Waals surface area contributed by atoms with Crippen LogP contribution >= 0.6 is 0 Å². The van der Waals surface area contributed by atoms with Crippen LogP contribution in [0.1, 0.15) is 20.8 Å². The van der Waals surface area contributed by atoms with Gasteiger partial charge in [0.05, 0.1) is 34.7 Å². The molecule has 16 nitrogen and oxygen atoms in total. The Morgan fingerprint density at radius 2 is 1.35 bits per heavy atom. The van der Waals surface area contributed by atoms with Crippen LogP contribution in [0.25, 0.3) is 56.1 Å². The highest BCUT2D eigenvalue weighted by molar-refractivity contribution is 7.88. The molecule has 0 amide bonds. The van der Waals surface area contributed by atoms with Crippen LogP contribution in [0, 0.1) is 0 Å². The van der Waals surface area contributed by atoms with Crippen LogP contribution in [0.15, 0.2) is 107 Å². The maximum atomic E-state index is 12.6. The fourth-order valence-corrected chi connectivity index (χ4v) is 5.59. The van der Waals surface area contributed by atoms with Crippen molar-refractivity contribution in [2.24, 2.45) is 0 Å². The number of benzene rings is 1. The summed E-state index contributed by atoms with van der Waals surface area (Å²) in [4.78, 5) is 41.2. The third-order valence-corrected chi connectivity index (χ3v) is 8.33. The zero-order chi connectivity index (χ0) is 39.0. The number of para-hydroxylation sites is 1. The number of carbonyl (C=O) groups is 1. The van der Waals surface area contributed by atoms with Gasteiger partial charge in [0.15, 0.2) is 34.3 Å². The third-order valence-electron chi connectivity index (χ3n) is 7.38. The average molecular weight is 774 g/mol. The van der Waals surface area contributed by atoms with Gasteiger partial charge in [-0.05, 0) is 57.2 Å². The largest absolute Gasteiger partial charge is 0.534 e. The van der Waals surface area contributed by atoms with Crippen LogP contribution in [0.3, 0.4) is 0 Å². The second kappa shape index (κ2) is 14.1. The van der Waals surface area contributed by atoms with Crippen molar-refractivity contribution in [1.29, 1.82) is 0 Å². The summed E-state index contributed by atoms with van der Waals surface area (Å²) < 4.78 is 82.8. The van der Waals surface area contributed by atoms with E-state index in [0.717, 1.165) is 5.39 Å². The van der Waals surface area contributed by atoms with Gasteiger partial charge in [0.2, 0.25) is 5.76 Å². The van der Waals surface area contributed by atoms with E-state index >= 15 is 0 Å². The van der Waals surface area contributed by atoms with Gasteiger partial charge in [0.1, 0.15) is 17.4 Å². The number of hydrogen-bond donors (Lipinski definition) is 1. The predicted molar refractivity (Wildman–Crippen MR) is 190 cm³/mol. The first kappa shape index (κ1) is 36.4. The Labute approximate surface area is 308 Å². The first-order chi connectivity index (χ1) is 26.2. The number of fused-ring (bicyclic) bond motifs is 3. The molecule has 1 aromatic carbocycles. The maximum absolute atomic E-state index is 12.6. The van der Waals surface area contributed by atoms with Gasteiger partial charge in [-0.2, -0.15) is 21.6 Å². The molecule has 55 heavy (non-hydrogen) atoms. The van der Waals surface area contributed by atoms with Crippen LogP contribution in [-0.4, -0.2) is 65.1 Å². The Bertz CT molecular complexity index is 2770. The molecule has 7 aromatic heterocycles. The molecule has 0 fully saturated rings. The zero-order valence-electron chi connectivity index (χ0n) is 28.7. The lowest BCUT2D eigenvalue weighted by atomic mass is 10.2. The van der Waals surface area contributed by atoms with Crippen LogP contribution in [0.2, 0.25) is 0 Å². The van der Waals surface area contributed by atoms with Gasteiger partial charge in [-0.3, -0.25) is 9.97 Å². The second-order valence-corrected chi connectivity index (χ2v) is 13.9. The number of alkyl halides is 3. The van der Waals surface area contributed by atoms with Crippen LogP contribution < -0.4 is 9.50 Å². The second-order valence-electron chi connectivity index (χ2n) is 12.3. The quantitative estimate of drug-likeness (QED) is 0.127. The summed E-state index contributed by atoms with van der Waals surface area (Å²) in [5.41, 5.74) is -2.95. The molecule has 7 heterocycles. The standard InChI is InChI=1S/C23H20N6O3.C12H6F3N3O4S/c1-23(2,3)32-22(30)29-13-27-19-15(6-4-7-16(19)29)28-18-14-8-11-24-12-17(14)31-20(18)21-25-9-5-10-26-21;13-12(14,15)23(19,20)22-9-7-2-5-16-6-8(7)21-10(9)11-17-3-1-4-18-11/h4-13,28H,1-3H3;1-6H. The number of carbonyl (C=O) groups excluding carboxylic acids is 1. The highest BCUT2D eigenvalue weighted by Crippen LogP contribution is 2.41. The Morgan fingerprint density at radius 3 is 1.96 bits per heavy atom. The Kier molecular flexibility index (Phi) is 9.34. The molecule has 1 N–H and O–H groups in total. The molecule has 0 spiro atoms.